The molecule has 0 bridgehead atoms. The fraction of sp³-hybridized carbons (Fsp3) is 0.293. The summed E-state index contributed by atoms with van der Waals surface area (Å²) in [6.45, 7) is 13.3. The summed E-state index contributed by atoms with van der Waals surface area (Å²) in [5.41, 5.74) is 9.91. The van der Waals surface area contributed by atoms with Gasteiger partial charge in [-0.15, -0.1) is 35.9 Å². The van der Waals surface area contributed by atoms with Crippen LogP contribution in [0.4, 0.5) is 0 Å². The van der Waals surface area contributed by atoms with E-state index in [1.54, 1.807) is 12.1 Å². The molecule has 0 aromatic heterocycles. The minimum atomic E-state index is 0. The molecule has 5 heteroatoms. The summed E-state index contributed by atoms with van der Waals surface area (Å²) in [7, 11) is 0. The predicted octanol–water partition coefficient (Wildman–Crippen LogP) is 12.9. The third kappa shape index (κ3) is 15.9. The Hall–Kier alpha value is -1.73. The van der Waals surface area contributed by atoms with E-state index in [0.717, 1.165) is 16.5 Å². The number of halogens is 4. The van der Waals surface area contributed by atoms with Gasteiger partial charge in [-0.05, 0) is 18.9 Å². The Balaban J connectivity index is 0.000000596. The first-order valence-electron chi connectivity index (χ1n) is 15.1. The third-order valence-electron chi connectivity index (χ3n) is 7.00. The van der Waals surface area contributed by atoms with Crippen molar-refractivity contribution in [3.05, 3.63) is 153 Å². The number of fused-ring (bicyclic) bond motifs is 3. The van der Waals surface area contributed by atoms with Gasteiger partial charge < -0.3 is 0 Å². The maximum absolute atomic E-state index is 5.51. The van der Waals surface area contributed by atoms with Crippen LogP contribution in [-0.4, -0.2) is 4.21 Å². The number of benzene rings is 4. The molecule has 0 heterocycles. The third-order valence-corrected chi connectivity index (χ3v) is 7.47. The normalized spacial score (nSPS) is 13.0. The number of aryl methyl sites for hydroxylation is 2. The first kappa shape index (κ1) is 44.3. The second kappa shape index (κ2) is 23.6. The molecule has 2 aliphatic carbocycles. The summed E-state index contributed by atoms with van der Waals surface area (Å²) in [4.78, 5) is 0. The van der Waals surface area contributed by atoms with Crippen molar-refractivity contribution in [1.82, 2.24) is 0 Å². The zero-order valence-electron chi connectivity index (χ0n) is 27.8. The van der Waals surface area contributed by atoms with Gasteiger partial charge in [-0.3, -0.25) is 6.08 Å². The average Bonchev–Trinajstić information content (AvgIpc) is 3.63. The van der Waals surface area contributed by atoms with Crippen molar-refractivity contribution >= 4 is 52.2 Å². The molecule has 0 saturated heterocycles. The molecule has 6 rings (SSSR count). The minimum absolute atomic E-state index is 0. The fourth-order valence-electron chi connectivity index (χ4n) is 4.68. The van der Waals surface area contributed by atoms with Crippen LogP contribution in [0, 0.1) is 49.5 Å². The molecule has 0 radical (unpaired) electrons. The van der Waals surface area contributed by atoms with Crippen molar-refractivity contribution < 1.29 is 24.2 Å². The second-order valence-electron chi connectivity index (χ2n) is 11.7. The van der Waals surface area contributed by atoms with Gasteiger partial charge in [-0.2, -0.15) is 119 Å². The van der Waals surface area contributed by atoms with Crippen molar-refractivity contribution in [2.24, 2.45) is 11.3 Å². The van der Waals surface area contributed by atoms with E-state index in [1.807, 2.05) is 36.4 Å². The Bertz CT molecular complexity index is 1380. The molecule has 1 unspecified atom stereocenters. The van der Waals surface area contributed by atoms with E-state index in [-0.39, 0.29) is 24.8 Å². The second-order valence-corrected chi connectivity index (χ2v) is 12.6. The Morgan fingerprint density at radius 3 is 1.91 bits per heavy atom. The molecule has 0 saturated carbocycles. The van der Waals surface area contributed by atoms with Gasteiger partial charge in [0.2, 0.25) is 0 Å². The molecule has 46 heavy (non-hydrogen) atoms. The fourth-order valence-corrected chi connectivity index (χ4v) is 4.95. The van der Waals surface area contributed by atoms with Crippen LogP contribution in [0.15, 0.2) is 96.6 Å². The van der Waals surface area contributed by atoms with E-state index >= 15 is 0 Å². The Labute approximate surface area is 316 Å². The predicted molar refractivity (Wildman–Crippen MR) is 204 cm³/mol. The Morgan fingerprint density at radius 1 is 0.870 bits per heavy atom. The van der Waals surface area contributed by atoms with E-state index in [4.69, 9.17) is 23.2 Å². The topological polar surface area (TPSA) is 0 Å². The molecular formula is C41H46Cl4Zr-4. The van der Waals surface area contributed by atoms with Crippen LogP contribution in [-0.2, 0) is 30.7 Å². The summed E-state index contributed by atoms with van der Waals surface area (Å²) in [6, 6.07) is 34.6. The van der Waals surface area contributed by atoms with E-state index in [0.29, 0.717) is 11.3 Å². The molecule has 4 aromatic rings. The van der Waals surface area contributed by atoms with Crippen LogP contribution >= 0.6 is 48.0 Å². The molecule has 2 aliphatic rings. The molecule has 0 fully saturated rings. The van der Waals surface area contributed by atoms with Gasteiger partial charge in [0, 0.05) is 0 Å². The van der Waals surface area contributed by atoms with Gasteiger partial charge in [0.1, 0.15) is 0 Å². The number of hydrogen-bond acceptors (Lipinski definition) is 0. The average molecular weight is 772 g/mol. The van der Waals surface area contributed by atoms with Crippen molar-refractivity contribution in [3.63, 3.8) is 0 Å². The summed E-state index contributed by atoms with van der Waals surface area (Å²) >= 11 is 12.3. The first-order valence-corrected chi connectivity index (χ1v) is 17.6. The molecule has 0 spiro atoms. The van der Waals surface area contributed by atoms with E-state index in [1.165, 1.54) is 82.5 Å². The summed E-state index contributed by atoms with van der Waals surface area (Å²) in [5.74, 6) is 0.592. The van der Waals surface area contributed by atoms with Crippen molar-refractivity contribution in [1.29, 1.82) is 0 Å². The van der Waals surface area contributed by atoms with Crippen LogP contribution in [0.2, 0.25) is 10.0 Å². The standard InChI is InChI=1S/C15H13.C13H21.2C6H4Cl.CH2.2ClH.Zr/c1-10-3-5-14-12(7-10)9-13-8-11(2)4-6-15(13)14;1-5-6-7-11-8-9-12(10-11)13(2,3)4;2*7-6-4-2-1-3-5-6;;;;/h3-7H,9H2,1-2H3;9-11H,5-7H2,1-4H3;2*1-2,4-5H;1H2;2*1H;/q4*-1;;;;. The van der Waals surface area contributed by atoms with Crippen molar-refractivity contribution in [2.75, 3.05) is 0 Å². The van der Waals surface area contributed by atoms with Crippen LogP contribution in [0.1, 0.15) is 69.2 Å². The quantitative estimate of drug-likeness (QED) is 0.160. The van der Waals surface area contributed by atoms with E-state index in [2.05, 4.69) is 113 Å². The molecule has 0 nitrogen and oxygen atoms in total. The number of rotatable bonds is 3. The monoisotopic (exact) mass is 768 g/mol. The molecule has 1 atom stereocenters. The van der Waals surface area contributed by atoms with E-state index < -0.39 is 0 Å². The van der Waals surface area contributed by atoms with Crippen LogP contribution in [0.3, 0.4) is 0 Å². The van der Waals surface area contributed by atoms with Crippen molar-refractivity contribution in [2.45, 2.75) is 67.2 Å². The number of hydrogen-bond donors (Lipinski definition) is 0. The number of unbranched alkanes of at least 4 members (excludes halogenated alkanes) is 1. The zero-order valence-corrected chi connectivity index (χ0v) is 33.4. The molecule has 0 amide bonds. The summed E-state index contributed by atoms with van der Waals surface area (Å²) < 4.78 is 3.34. The number of allylic oxidation sites excluding steroid dienone is 4. The van der Waals surface area contributed by atoms with Crippen LogP contribution in [0.25, 0.3) is 11.1 Å². The summed E-state index contributed by atoms with van der Waals surface area (Å²) in [6.07, 6.45) is 12.9. The van der Waals surface area contributed by atoms with Gasteiger partial charge in [-0.25, -0.2) is 6.08 Å². The van der Waals surface area contributed by atoms with E-state index in [9.17, 15) is 0 Å². The molecular weight excluding hydrogens is 725 g/mol. The maximum atomic E-state index is 5.51. The first-order chi connectivity index (χ1) is 21.1. The van der Waals surface area contributed by atoms with Gasteiger partial charge in [0.15, 0.2) is 0 Å². The van der Waals surface area contributed by atoms with Gasteiger partial charge in [-0.1, -0.05) is 105 Å². The van der Waals surface area contributed by atoms with Crippen LogP contribution in [0.5, 0.6) is 0 Å². The van der Waals surface area contributed by atoms with Crippen LogP contribution < -0.4 is 0 Å². The SMILES string of the molecule is CCCCC1[C-]=CC(C(C)(C)C)=C1.Cc1[c-]c2c(cc1)-c1ccc(C)cc1C2.Cl.Cl.Clc1c[c-]ccc1.Clc1c[c-]ccc1.[CH2]=[Zr]. The zero-order chi connectivity index (χ0) is 32.5. The van der Waals surface area contributed by atoms with Gasteiger partial charge in [0.25, 0.3) is 0 Å². The van der Waals surface area contributed by atoms with Gasteiger partial charge in [0.05, 0.1) is 0 Å². The molecule has 0 N–H and O–H groups in total. The summed E-state index contributed by atoms with van der Waals surface area (Å²) in [5, 5.41) is 1.48. The molecule has 246 valence electrons. The molecule has 0 aliphatic heterocycles. The van der Waals surface area contributed by atoms with Crippen molar-refractivity contribution in [3.8, 4) is 11.1 Å². The molecule has 4 aromatic carbocycles. The Kier molecular flexibility index (Phi) is 22.7. The Morgan fingerprint density at radius 2 is 1.46 bits per heavy atom. The van der Waals surface area contributed by atoms with Gasteiger partial charge >= 0.3 is 28.4 Å².